The molecule has 0 saturated carbocycles. The lowest BCUT2D eigenvalue weighted by molar-refractivity contribution is -0.126. The van der Waals surface area contributed by atoms with E-state index in [0.29, 0.717) is 18.1 Å². The number of nitrogens with zero attached hydrogens (tertiary/aromatic N) is 1. The van der Waals surface area contributed by atoms with Gasteiger partial charge >= 0.3 is 0 Å². The molecule has 0 fully saturated rings. The lowest BCUT2D eigenvalue weighted by Gasteiger charge is -2.19. The van der Waals surface area contributed by atoms with E-state index in [1.54, 1.807) is 11.0 Å². The molecule has 1 aromatic rings. The van der Waals surface area contributed by atoms with Gasteiger partial charge in [0, 0.05) is 24.7 Å². The predicted molar refractivity (Wildman–Crippen MR) is 77.6 cm³/mol. The Hall–Kier alpha value is -1.35. The summed E-state index contributed by atoms with van der Waals surface area (Å²) in [6, 6.07) is 4.47. The van der Waals surface area contributed by atoms with Crippen LogP contribution in [0.5, 0.6) is 0 Å². The highest BCUT2D eigenvalue weighted by Gasteiger charge is 2.09. The van der Waals surface area contributed by atoms with E-state index in [1.165, 1.54) is 24.3 Å². The van der Waals surface area contributed by atoms with Crippen molar-refractivity contribution >= 4 is 23.6 Å². The molecule has 0 aliphatic carbocycles. The van der Waals surface area contributed by atoms with Crippen molar-refractivity contribution in [1.29, 1.82) is 0 Å². The molecule has 0 heterocycles. The Kier molecular flexibility index (Phi) is 6.57. The average molecular weight is 284 g/mol. The first-order chi connectivity index (χ1) is 9.10. The van der Waals surface area contributed by atoms with E-state index in [1.807, 2.05) is 13.8 Å². The maximum absolute atomic E-state index is 13.5. The number of amides is 1. The Balaban J connectivity index is 2.82. The summed E-state index contributed by atoms with van der Waals surface area (Å²) in [6.07, 6.45) is 4.63. The monoisotopic (exact) mass is 283 g/mol. The lowest BCUT2D eigenvalue weighted by atomic mass is 10.2. The minimum Gasteiger partial charge on any atom is -0.339 e. The summed E-state index contributed by atoms with van der Waals surface area (Å²) in [7, 11) is 0. The molecule has 0 unspecified atom stereocenters. The quantitative estimate of drug-likeness (QED) is 0.719. The van der Waals surface area contributed by atoms with Crippen molar-refractivity contribution in [2.45, 2.75) is 26.7 Å². The Morgan fingerprint density at radius 3 is 2.47 bits per heavy atom. The SMILES string of the molecule is CCCN(CCC)C(=O)/C=C/c1c(F)cccc1Cl. The van der Waals surface area contributed by atoms with E-state index in [2.05, 4.69) is 0 Å². The van der Waals surface area contributed by atoms with Crippen molar-refractivity contribution in [3.63, 3.8) is 0 Å². The number of halogens is 2. The van der Waals surface area contributed by atoms with Crippen LogP contribution in [0.2, 0.25) is 5.02 Å². The minimum atomic E-state index is -0.422. The third kappa shape index (κ3) is 4.67. The van der Waals surface area contributed by atoms with Gasteiger partial charge in [0.05, 0.1) is 5.02 Å². The van der Waals surface area contributed by atoms with Crippen LogP contribution in [0.25, 0.3) is 6.08 Å². The molecule has 19 heavy (non-hydrogen) atoms. The van der Waals surface area contributed by atoms with Gasteiger partial charge in [-0.05, 0) is 31.1 Å². The Morgan fingerprint density at radius 1 is 1.32 bits per heavy atom. The van der Waals surface area contributed by atoms with Crippen molar-refractivity contribution in [2.75, 3.05) is 13.1 Å². The topological polar surface area (TPSA) is 20.3 Å². The molecule has 0 saturated heterocycles. The standard InChI is InChI=1S/C15H19ClFNO/c1-3-10-18(11-4-2)15(19)9-8-12-13(16)6-5-7-14(12)17/h5-9H,3-4,10-11H2,1-2H3/b9-8+. The first-order valence-corrected chi connectivity index (χ1v) is 6.89. The Labute approximate surface area is 118 Å². The van der Waals surface area contributed by atoms with E-state index < -0.39 is 5.82 Å². The fourth-order valence-corrected chi connectivity index (χ4v) is 2.03. The van der Waals surface area contributed by atoms with Gasteiger partial charge in [0.2, 0.25) is 5.91 Å². The number of benzene rings is 1. The van der Waals surface area contributed by atoms with E-state index >= 15 is 0 Å². The smallest absolute Gasteiger partial charge is 0.246 e. The van der Waals surface area contributed by atoms with Crippen molar-refractivity contribution in [2.24, 2.45) is 0 Å². The normalized spacial score (nSPS) is 10.9. The highest BCUT2D eigenvalue weighted by molar-refractivity contribution is 6.32. The largest absolute Gasteiger partial charge is 0.339 e. The molecule has 0 aliphatic rings. The second kappa shape index (κ2) is 7.95. The third-order valence-corrected chi connectivity index (χ3v) is 3.02. The van der Waals surface area contributed by atoms with Crippen LogP contribution in [0.1, 0.15) is 32.3 Å². The Bertz CT molecular complexity index is 433. The molecule has 0 atom stereocenters. The van der Waals surface area contributed by atoms with Crippen LogP contribution in [0.15, 0.2) is 24.3 Å². The van der Waals surface area contributed by atoms with Gasteiger partial charge in [0.15, 0.2) is 0 Å². The summed E-state index contributed by atoms with van der Waals surface area (Å²) in [5.41, 5.74) is 0.255. The molecule has 0 aliphatic heterocycles. The molecule has 1 amide bonds. The van der Waals surface area contributed by atoms with Crippen LogP contribution >= 0.6 is 11.6 Å². The predicted octanol–water partition coefficient (Wildman–Crippen LogP) is 4.14. The van der Waals surface area contributed by atoms with Crippen LogP contribution in [0.4, 0.5) is 4.39 Å². The molecule has 1 aromatic carbocycles. The van der Waals surface area contributed by atoms with Crippen molar-refractivity contribution in [3.05, 3.63) is 40.7 Å². The number of carbonyl (C=O) groups is 1. The molecule has 1 rings (SSSR count). The number of rotatable bonds is 6. The highest BCUT2D eigenvalue weighted by atomic mass is 35.5. The van der Waals surface area contributed by atoms with Gasteiger partial charge < -0.3 is 4.90 Å². The van der Waals surface area contributed by atoms with E-state index in [4.69, 9.17) is 11.6 Å². The van der Waals surface area contributed by atoms with Gasteiger partial charge in [0.1, 0.15) is 5.82 Å². The first kappa shape index (κ1) is 15.7. The van der Waals surface area contributed by atoms with E-state index in [9.17, 15) is 9.18 Å². The number of carbonyl (C=O) groups excluding carboxylic acids is 1. The molecule has 0 bridgehead atoms. The highest BCUT2D eigenvalue weighted by Crippen LogP contribution is 2.20. The summed E-state index contributed by atoms with van der Waals surface area (Å²) in [6.45, 7) is 5.46. The van der Waals surface area contributed by atoms with Crippen LogP contribution in [-0.2, 0) is 4.79 Å². The Morgan fingerprint density at radius 2 is 1.95 bits per heavy atom. The van der Waals surface area contributed by atoms with Crippen LogP contribution < -0.4 is 0 Å². The summed E-state index contributed by atoms with van der Waals surface area (Å²) >= 11 is 5.90. The van der Waals surface area contributed by atoms with Crippen molar-refractivity contribution < 1.29 is 9.18 Å². The fourth-order valence-electron chi connectivity index (χ4n) is 1.80. The number of hydrogen-bond acceptors (Lipinski definition) is 1. The molecule has 2 nitrogen and oxygen atoms in total. The first-order valence-electron chi connectivity index (χ1n) is 6.51. The van der Waals surface area contributed by atoms with E-state index in [-0.39, 0.29) is 11.5 Å². The maximum atomic E-state index is 13.5. The second-order valence-corrected chi connectivity index (χ2v) is 4.70. The molecular weight excluding hydrogens is 265 g/mol. The molecule has 0 radical (unpaired) electrons. The second-order valence-electron chi connectivity index (χ2n) is 4.29. The molecule has 104 valence electrons. The summed E-state index contributed by atoms with van der Waals surface area (Å²) in [4.78, 5) is 13.7. The van der Waals surface area contributed by atoms with Gasteiger partial charge in [-0.3, -0.25) is 4.79 Å². The van der Waals surface area contributed by atoms with Gasteiger partial charge in [0.25, 0.3) is 0 Å². The zero-order chi connectivity index (χ0) is 14.3. The fraction of sp³-hybridized carbons (Fsp3) is 0.400. The summed E-state index contributed by atoms with van der Waals surface area (Å²) < 4.78 is 13.5. The average Bonchev–Trinajstić information content (AvgIpc) is 2.37. The van der Waals surface area contributed by atoms with Crippen LogP contribution in [0.3, 0.4) is 0 Å². The molecule has 0 aromatic heterocycles. The molecule has 0 N–H and O–H groups in total. The van der Waals surface area contributed by atoms with Gasteiger partial charge in [-0.2, -0.15) is 0 Å². The van der Waals surface area contributed by atoms with E-state index in [0.717, 1.165) is 12.8 Å². The maximum Gasteiger partial charge on any atom is 0.246 e. The molecular formula is C15H19ClFNO. The van der Waals surface area contributed by atoms with Crippen molar-refractivity contribution in [3.8, 4) is 0 Å². The van der Waals surface area contributed by atoms with Crippen LogP contribution in [0, 0.1) is 5.82 Å². The zero-order valence-electron chi connectivity index (χ0n) is 11.3. The van der Waals surface area contributed by atoms with Gasteiger partial charge in [-0.15, -0.1) is 0 Å². The van der Waals surface area contributed by atoms with Gasteiger partial charge in [-0.25, -0.2) is 4.39 Å². The lowest BCUT2D eigenvalue weighted by Crippen LogP contribution is -2.30. The van der Waals surface area contributed by atoms with Crippen molar-refractivity contribution in [1.82, 2.24) is 4.90 Å². The minimum absolute atomic E-state index is 0.108. The van der Waals surface area contributed by atoms with Gasteiger partial charge in [-0.1, -0.05) is 31.5 Å². The third-order valence-electron chi connectivity index (χ3n) is 2.69. The summed E-state index contributed by atoms with van der Waals surface area (Å²) in [5, 5.41) is 0.307. The molecule has 0 spiro atoms. The zero-order valence-corrected chi connectivity index (χ0v) is 12.1. The van der Waals surface area contributed by atoms with Crippen LogP contribution in [-0.4, -0.2) is 23.9 Å². The summed E-state index contributed by atoms with van der Waals surface area (Å²) in [5.74, 6) is -0.530. The number of hydrogen-bond donors (Lipinski definition) is 0. The molecule has 4 heteroatoms.